The lowest BCUT2D eigenvalue weighted by molar-refractivity contribution is 0.178. The molecule has 7 nitrogen and oxygen atoms in total. The van der Waals surface area contributed by atoms with E-state index in [0.29, 0.717) is 6.04 Å². The van der Waals surface area contributed by atoms with Gasteiger partial charge in [-0.2, -0.15) is 4.52 Å². The molecule has 4 heterocycles. The number of hydrogen-bond acceptors (Lipinski definition) is 6. The van der Waals surface area contributed by atoms with Crippen LogP contribution in [0.25, 0.3) is 5.65 Å². The number of nitrogens with zero attached hydrogens (tertiary/aromatic N) is 7. The van der Waals surface area contributed by atoms with Crippen LogP contribution >= 0.6 is 0 Å². The first kappa shape index (κ1) is 17.7. The second kappa shape index (κ2) is 6.78. The maximum Gasteiger partial charge on any atom is 0.178 e. The van der Waals surface area contributed by atoms with Gasteiger partial charge in [-0.05, 0) is 45.1 Å². The van der Waals surface area contributed by atoms with Crippen molar-refractivity contribution >= 4 is 11.5 Å². The minimum Gasteiger partial charge on any atom is -0.352 e. The highest BCUT2D eigenvalue weighted by atomic mass is 15.4. The van der Waals surface area contributed by atoms with E-state index in [1.165, 1.54) is 32.5 Å². The zero-order valence-electron chi connectivity index (χ0n) is 16.5. The van der Waals surface area contributed by atoms with E-state index < -0.39 is 0 Å². The SMILES string of the molecule is CN(CCN1CCCC1)C1CN(c2ccc3nnc(C(C)(C)C)n3n2)C1. The van der Waals surface area contributed by atoms with Crippen molar-refractivity contribution in [2.24, 2.45) is 0 Å². The number of rotatable bonds is 5. The van der Waals surface area contributed by atoms with Crippen molar-refractivity contribution in [2.45, 2.75) is 45.1 Å². The number of hydrogen-bond donors (Lipinski definition) is 0. The molecule has 0 atom stereocenters. The van der Waals surface area contributed by atoms with E-state index in [2.05, 4.69) is 58.8 Å². The Balaban J connectivity index is 1.37. The minimum atomic E-state index is -0.0711. The summed E-state index contributed by atoms with van der Waals surface area (Å²) in [5.41, 5.74) is 0.747. The van der Waals surface area contributed by atoms with Gasteiger partial charge in [-0.25, -0.2) is 0 Å². The molecule has 0 unspecified atom stereocenters. The van der Waals surface area contributed by atoms with Crippen LogP contribution in [-0.4, -0.2) is 82.0 Å². The largest absolute Gasteiger partial charge is 0.352 e. The van der Waals surface area contributed by atoms with E-state index >= 15 is 0 Å². The van der Waals surface area contributed by atoms with Gasteiger partial charge in [0.1, 0.15) is 5.82 Å². The summed E-state index contributed by atoms with van der Waals surface area (Å²) in [7, 11) is 2.26. The summed E-state index contributed by atoms with van der Waals surface area (Å²) in [6.07, 6.45) is 2.74. The predicted molar refractivity (Wildman–Crippen MR) is 104 cm³/mol. The summed E-state index contributed by atoms with van der Waals surface area (Å²) in [4.78, 5) is 7.44. The van der Waals surface area contributed by atoms with Gasteiger partial charge in [0.15, 0.2) is 11.5 Å². The van der Waals surface area contributed by atoms with Crippen molar-refractivity contribution in [3.63, 3.8) is 0 Å². The van der Waals surface area contributed by atoms with Gasteiger partial charge in [0.2, 0.25) is 0 Å². The average molecular weight is 358 g/mol. The number of aromatic nitrogens is 4. The zero-order valence-corrected chi connectivity index (χ0v) is 16.5. The van der Waals surface area contributed by atoms with Crippen molar-refractivity contribution in [1.29, 1.82) is 0 Å². The lowest BCUT2D eigenvalue weighted by atomic mass is 9.96. The third-order valence-corrected chi connectivity index (χ3v) is 5.70. The fourth-order valence-corrected chi connectivity index (χ4v) is 3.82. The van der Waals surface area contributed by atoms with Crippen molar-refractivity contribution in [3.8, 4) is 0 Å². The Kier molecular flexibility index (Phi) is 4.61. The lowest BCUT2D eigenvalue weighted by Gasteiger charge is -2.45. The van der Waals surface area contributed by atoms with Crippen LogP contribution in [0.4, 0.5) is 5.82 Å². The molecule has 0 aromatic carbocycles. The Bertz CT molecular complexity index is 751. The zero-order chi connectivity index (χ0) is 18.3. The highest BCUT2D eigenvalue weighted by Crippen LogP contribution is 2.24. The molecule has 0 aliphatic carbocycles. The number of likely N-dealkylation sites (tertiary alicyclic amines) is 1. The highest BCUT2D eigenvalue weighted by Gasteiger charge is 2.32. The van der Waals surface area contributed by atoms with E-state index in [4.69, 9.17) is 5.10 Å². The van der Waals surface area contributed by atoms with Gasteiger partial charge in [0.05, 0.1) is 0 Å². The van der Waals surface area contributed by atoms with E-state index in [1.807, 2.05) is 10.6 Å². The van der Waals surface area contributed by atoms with Crippen LogP contribution in [0, 0.1) is 0 Å². The predicted octanol–water partition coefficient (Wildman–Crippen LogP) is 1.64. The van der Waals surface area contributed by atoms with E-state index in [1.54, 1.807) is 0 Å². The van der Waals surface area contributed by atoms with Crippen molar-refractivity contribution in [1.82, 2.24) is 29.6 Å². The molecule has 142 valence electrons. The Morgan fingerprint density at radius 2 is 1.85 bits per heavy atom. The Hall–Kier alpha value is -1.73. The first-order chi connectivity index (χ1) is 12.4. The van der Waals surface area contributed by atoms with Crippen LogP contribution in [-0.2, 0) is 5.41 Å². The Morgan fingerprint density at radius 1 is 1.12 bits per heavy atom. The van der Waals surface area contributed by atoms with Gasteiger partial charge in [-0.3, -0.25) is 4.90 Å². The first-order valence-corrected chi connectivity index (χ1v) is 9.82. The number of fused-ring (bicyclic) bond motifs is 1. The average Bonchev–Trinajstić information content (AvgIpc) is 3.20. The van der Waals surface area contributed by atoms with Crippen molar-refractivity contribution < 1.29 is 0 Å². The molecule has 7 heteroatoms. The van der Waals surface area contributed by atoms with Gasteiger partial charge >= 0.3 is 0 Å². The summed E-state index contributed by atoms with van der Waals surface area (Å²) in [6, 6.07) is 4.71. The quantitative estimate of drug-likeness (QED) is 0.811. The second-order valence-electron chi connectivity index (χ2n) is 8.82. The van der Waals surface area contributed by atoms with Crippen molar-refractivity contribution in [2.75, 3.05) is 51.2 Å². The summed E-state index contributed by atoms with van der Waals surface area (Å²) in [6.45, 7) is 13.4. The van der Waals surface area contributed by atoms with Crippen LogP contribution in [0.1, 0.15) is 39.4 Å². The summed E-state index contributed by atoms with van der Waals surface area (Å²) >= 11 is 0. The second-order valence-corrected chi connectivity index (χ2v) is 8.82. The molecule has 0 N–H and O–H groups in total. The number of likely N-dealkylation sites (N-methyl/N-ethyl adjacent to an activating group) is 1. The topological polar surface area (TPSA) is 52.8 Å². The number of anilines is 1. The van der Waals surface area contributed by atoms with Crippen LogP contribution in [0.3, 0.4) is 0 Å². The maximum absolute atomic E-state index is 4.82. The molecule has 2 aromatic rings. The van der Waals surface area contributed by atoms with Gasteiger partial charge < -0.3 is 9.80 Å². The minimum absolute atomic E-state index is 0.0711. The smallest absolute Gasteiger partial charge is 0.178 e. The van der Waals surface area contributed by atoms with Gasteiger partial charge in [0, 0.05) is 37.6 Å². The molecule has 2 aliphatic heterocycles. The fourth-order valence-electron chi connectivity index (χ4n) is 3.82. The first-order valence-electron chi connectivity index (χ1n) is 9.82. The normalized spacial score (nSPS) is 19.7. The molecule has 2 aromatic heterocycles. The van der Waals surface area contributed by atoms with Crippen LogP contribution in [0.2, 0.25) is 0 Å². The van der Waals surface area contributed by atoms with Crippen LogP contribution < -0.4 is 4.90 Å². The van der Waals surface area contributed by atoms with E-state index in [-0.39, 0.29) is 5.41 Å². The van der Waals surface area contributed by atoms with Gasteiger partial charge in [0.25, 0.3) is 0 Å². The molecule has 0 radical (unpaired) electrons. The Labute approximate surface area is 156 Å². The summed E-state index contributed by atoms with van der Waals surface area (Å²) < 4.78 is 1.90. The lowest BCUT2D eigenvalue weighted by Crippen LogP contribution is -2.59. The third-order valence-electron chi connectivity index (χ3n) is 5.70. The highest BCUT2D eigenvalue weighted by molar-refractivity contribution is 5.48. The maximum atomic E-state index is 4.82. The molecule has 0 bridgehead atoms. The standard InChI is InChI=1S/C19H31N7/c1-19(2,3)18-21-20-16-7-8-17(22-26(16)18)25-13-15(14-25)23(4)11-12-24-9-5-6-10-24/h7-8,15H,5-6,9-14H2,1-4H3. The monoisotopic (exact) mass is 357 g/mol. The fraction of sp³-hybridized carbons (Fsp3) is 0.737. The third kappa shape index (κ3) is 3.42. The molecular formula is C19H31N7. The van der Waals surface area contributed by atoms with Crippen molar-refractivity contribution in [3.05, 3.63) is 18.0 Å². The van der Waals surface area contributed by atoms with Crippen LogP contribution in [0.15, 0.2) is 12.1 Å². The molecule has 4 rings (SSSR count). The Morgan fingerprint density at radius 3 is 2.54 bits per heavy atom. The molecule has 0 spiro atoms. The summed E-state index contributed by atoms with van der Waals surface area (Å²) in [5, 5.41) is 13.4. The molecule has 2 saturated heterocycles. The van der Waals surface area contributed by atoms with Crippen LogP contribution in [0.5, 0.6) is 0 Å². The molecule has 2 aliphatic rings. The van der Waals surface area contributed by atoms with Gasteiger partial charge in [-0.1, -0.05) is 20.8 Å². The molecular weight excluding hydrogens is 326 g/mol. The molecule has 26 heavy (non-hydrogen) atoms. The van der Waals surface area contributed by atoms with Gasteiger partial charge in [-0.15, -0.1) is 15.3 Å². The van der Waals surface area contributed by atoms with E-state index in [9.17, 15) is 0 Å². The molecule has 0 saturated carbocycles. The molecule has 0 amide bonds. The molecule has 2 fully saturated rings. The van der Waals surface area contributed by atoms with E-state index in [0.717, 1.165) is 36.9 Å². The summed E-state index contributed by atoms with van der Waals surface area (Å²) in [5.74, 6) is 1.93.